The lowest BCUT2D eigenvalue weighted by Gasteiger charge is -2.39. The van der Waals surface area contributed by atoms with Gasteiger partial charge in [0, 0.05) is 6.04 Å². The molecule has 0 spiro atoms. The number of likely N-dealkylation sites (tertiary alicyclic amines) is 1. The first-order valence-corrected chi connectivity index (χ1v) is 5.16. The lowest BCUT2D eigenvalue weighted by atomic mass is 9.88. The van der Waals surface area contributed by atoms with E-state index < -0.39 is 23.9 Å². The van der Waals surface area contributed by atoms with Crippen LogP contribution in [0.5, 0.6) is 0 Å². The third kappa shape index (κ3) is 2.47. The summed E-state index contributed by atoms with van der Waals surface area (Å²) in [5.74, 6) is -2.82. The van der Waals surface area contributed by atoms with Crippen molar-refractivity contribution in [3.8, 4) is 0 Å². The van der Waals surface area contributed by atoms with Gasteiger partial charge in [-0.15, -0.1) is 0 Å². The highest BCUT2D eigenvalue weighted by atomic mass is 16.4. The van der Waals surface area contributed by atoms with E-state index in [9.17, 15) is 9.59 Å². The van der Waals surface area contributed by atoms with Crippen LogP contribution in [0.4, 0.5) is 0 Å². The van der Waals surface area contributed by atoms with Crippen molar-refractivity contribution in [2.75, 3.05) is 6.54 Å². The van der Waals surface area contributed by atoms with Gasteiger partial charge in [-0.3, -0.25) is 14.5 Å². The molecule has 0 bridgehead atoms. The van der Waals surface area contributed by atoms with Gasteiger partial charge < -0.3 is 10.2 Å². The zero-order valence-corrected chi connectivity index (χ0v) is 9.01. The highest BCUT2D eigenvalue weighted by Gasteiger charge is 2.41. The Labute approximate surface area is 88.7 Å². The van der Waals surface area contributed by atoms with Crippen LogP contribution in [-0.4, -0.2) is 45.7 Å². The molecule has 0 saturated carbocycles. The minimum atomic E-state index is -1.03. The molecule has 2 atom stereocenters. The van der Waals surface area contributed by atoms with Crippen LogP contribution in [-0.2, 0) is 9.59 Å². The van der Waals surface area contributed by atoms with Gasteiger partial charge in [0.05, 0.1) is 5.92 Å². The first-order valence-electron chi connectivity index (χ1n) is 5.16. The minimum absolute atomic E-state index is 0.0632. The molecule has 0 radical (unpaired) electrons. The quantitative estimate of drug-likeness (QED) is 0.722. The predicted molar refractivity (Wildman–Crippen MR) is 53.6 cm³/mol. The summed E-state index contributed by atoms with van der Waals surface area (Å²) >= 11 is 0. The number of hydrogen-bond acceptors (Lipinski definition) is 3. The first-order chi connectivity index (χ1) is 6.95. The Kier molecular flexibility index (Phi) is 3.68. The van der Waals surface area contributed by atoms with Crippen LogP contribution in [0.15, 0.2) is 0 Å². The Morgan fingerprint density at radius 2 is 1.87 bits per heavy atom. The molecule has 1 aliphatic heterocycles. The molecule has 1 heterocycles. The summed E-state index contributed by atoms with van der Waals surface area (Å²) in [6.07, 6.45) is 1.20. The number of hydrogen-bond donors (Lipinski definition) is 2. The molecule has 0 aromatic heterocycles. The van der Waals surface area contributed by atoms with Crippen molar-refractivity contribution < 1.29 is 19.8 Å². The first kappa shape index (κ1) is 12.0. The smallest absolute Gasteiger partial charge is 0.321 e. The van der Waals surface area contributed by atoms with E-state index in [0.29, 0.717) is 13.0 Å². The number of piperidine rings is 1. The normalized spacial score (nSPS) is 27.9. The Hall–Kier alpha value is -1.10. The van der Waals surface area contributed by atoms with E-state index in [-0.39, 0.29) is 6.04 Å². The van der Waals surface area contributed by atoms with Gasteiger partial charge in [-0.2, -0.15) is 0 Å². The molecule has 2 N–H and O–H groups in total. The van der Waals surface area contributed by atoms with Gasteiger partial charge in [0.1, 0.15) is 6.04 Å². The number of nitrogens with zero attached hydrogens (tertiary/aromatic N) is 1. The Morgan fingerprint density at radius 1 is 1.27 bits per heavy atom. The molecule has 1 aliphatic rings. The minimum Gasteiger partial charge on any atom is -0.481 e. The van der Waals surface area contributed by atoms with Gasteiger partial charge in [0.2, 0.25) is 0 Å². The fourth-order valence-electron chi connectivity index (χ4n) is 2.17. The van der Waals surface area contributed by atoms with E-state index in [4.69, 9.17) is 10.2 Å². The van der Waals surface area contributed by atoms with Crippen molar-refractivity contribution in [2.45, 2.75) is 38.8 Å². The Bertz CT molecular complexity index is 264. The molecule has 86 valence electrons. The van der Waals surface area contributed by atoms with Gasteiger partial charge in [0.15, 0.2) is 0 Å². The second-order valence-electron chi connectivity index (χ2n) is 4.20. The molecule has 0 aromatic carbocycles. The SMILES string of the molecule is CC(C)N1CCCC(C(=O)O)C1C(=O)O. The maximum absolute atomic E-state index is 11.1. The molecular formula is C10H17NO4. The van der Waals surface area contributed by atoms with Crippen molar-refractivity contribution in [2.24, 2.45) is 5.92 Å². The Morgan fingerprint density at radius 3 is 2.27 bits per heavy atom. The molecule has 1 fully saturated rings. The summed E-state index contributed by atoms with van der Waals surface area (Å²) in [6, 6.07) is -0.815. The maximum atomic E-state index is 11.1. The zero-order chi connectivity index (χ0) is 11.6. The molecule has 1 saturated heterocycles. The van der Waals surface area contributed by atoms with Crippen LogP contribution in [0.25, 0.3) is 0 Å². The molecule has 5 nitrogen and oxygen atoms in total. The monoisotopic (exact) mass is 215 g/mol. The number of carboxylic acid groups (broad SMARTS) is 2. The van der Waals surface area contributed by atoms with Crippen LogP contribution >= 0.6 is 0 Å². The van der Waals surface area contributed by atoms with Gasteiger partial charge in [-0.05, 0) is 33.2 Å². The van der Waals surface area contributed by atoms with E-state index in [2.05, 4.69) is 0 Å². The lowest BCUT2D eigenvalue weighted by Crippen LogP contribution is -2.54. The van der Waals surface area contributed by atoms with Crippen molar-refractivity contribution in [1.29, 1.82) is 0 Å². The molecular weight excluding hydrogens is 198 g/mol. The largest absolute Gasteiger partial charge is 0.481 e. The predicted octanol–water partition coefficient (Wildman–Crippen LogP) is 0.645. The number of rotatable bonds is 3. The van der Waals surface area contributed by atoms with Gasteiger partial charge in [0.25, 0.3) is 0 Å². The summed E-state index contributed by atoms with van der Waals surface area (Å²) in [4.78, 5) is 23.8. The average molecular weight is 215 g/mol. The molecule has 0 aromatic rings. The fourth-order valence-corrected chi connectivity index (χ4v) is 2.17. The fraction of sp³-hybridized carbons (Fsp3) is 0.800. The molecule has 5 heteroatoms. The number of carbonyl (C=O) groups is 2. The number of aliphatic carboxylic acids is 2. The van der Waals surface area contributed by atoms with E-state index in [1.807, 2.05) is 13.8 Å². The summed E-state index contributed by atoms with van der Waals surface area (Å²) in [6.45, 7) is 4.44. The van der Waals surface area contributed by atoms with Crippen molar-refractivity contribution >= 4 is 11.9 Å². The highest BCUT2D eigenvalue weighted by molar-refractivity contribution is 5.82. The molecule has 2 unspecified atom stereocenters. The highest BCUT2D eigenvalue weighted by Crippen LogP contribution is 2.25. The van der Waals surface area contributed by atoms with Crippen LogP contribution < -0.4 is 0 Å². The topological polar surface area (TPSA) is 77.8 Å². The van der Waals surface area contributed by atoms with E-state index >= 15 is 0 Å². The molecule has 1 rings (SSSR count). The molecule has 0 aliphatic carbocycles. The maximum Gasteiger partial charge on any atom is 0.321 e. The summed E-state index contributed by atoms with van der Waals surface area (Å²) < 4.78 is 0. The third-order valence-corrected chi connectivity index (χ3v) is 2.90. The van der Waals surface area contributed by atoms with E-state index in [1.54, 1.807) is 4.90 Å². The average Bonchev–Trinajstić information content (AvgIpc) is 2.16. The molecule has 15 heavy (non-hydrogen) atoms. The van der Waals surface area contributed by atoms with E-state index in [1.165, 1.54) is 0 Å². The lowest BCUT2D eigenvalue weighted by molar-refractivity contribution is -0.159. The van der Waals surface area contributed by atoms with Crippen LogP contribution in [0.1, 0.15) is 26.7 Å². The van der Waals surface area contributed by atoms with Gasteiger partial charge >= 0.3 is 11.9 Å². The van der Waals surface area contributed by atoms with Crippen molar-refractivity contribution in [3.63, 3.8) is 0 Å². The second-order valence-corrected chi connectivity index (χ2v) is 4.20. The zero-order valence-electron chi connectivity index (χ0n) is 9.01. The standard InChI is InChI=1S/C10H17NO4/c1-6(2)11-5-3-4-7(9(12)13)8(11)10(14)15/h6-8H,3-5H2,1-2H3,(H,12,13)(H,14,15). The second kappa shape index (κ2) is 4.61. The Balaban J connectivity index is 2.90. The third-order valence-electron chi connectivity index (χ3n) is 2.90. The van der Waals surface area contributed by atoms with Crippen molar-refractivity contribution in [1.82, 2.24) is 4.90 Å². The van der Waals surface area contributed by atoms with Crippen molar-refractivity contribution in [3.05, 3.63) is 0 Å². The van der Waals surface area contributed by atoms with Gasteiger partial charge in [-0.1, -0.05) is 0 Å². The van der Waals surface area contributed by atoms with E-state index in [0.717, 1.165) is 6.42 Å². The van der Waals surface area contributed by atoms with Gasteiger partial charge in [-0.25, -0.2) is 0 Å². The summed E-state index contributed by atoms with van der Waals surface area (Å²) in [5, 5.41) is 18.0. The van der Waals surface area contributed by atoms with Crippen LogP contribution in [0.2, 0.25) is 0 Å². The summed E-state index contributed by atoms with van der Waals surface area (Å²) in [5.41, 5.74) is 0. The molecule has 0 amide bonds. The summed E-state index contributed by atoms with van der Waals surface area (Å²) in [7, 11) is 0. The van der Waals surface area contributed by atoms with Crippen LogP contribution in [0.3, 0.4) is 0 Å². The van der Waals surface area contributed by atoms with Crippen LogP contribution in [0, 0.1) is 5.92 Å². The number of carboxylic acids is 2.